The van der Waals surface area contributed by atoms with Gasteiger partial charge in [0.15, 0.2) is 5.58 Å². The standard InChI is InChI=1S/C12H14N2O3S/c1-13(11(15)5-6-18)8-3-4-9-10(7-8)17-12(16)14(9)2/h3-4,7,18H,5-6H2,1-2H3. The summed E-state index contributed by atoms with van der Waals surface area (Å²) in [5.74, 6) is 0.0698. The largest absolute Gasteiger partial charge is 0.419 e. The Kier molecular flexibility index (Phi) is 3.47. The van der Waals surface area contributed by atoms with Crippen LogP contribution >= 0.6 is 12.6 Å². The third kappa shape index (κ3) is 2.15. The monoisotopic (exact) mass is 266 g/mol. The van der Waals surface area contributed by atoms with E-state index in [1.54, 1.807) is 32.3 Å². The third-order valence-corrected chi connectivity index (χ3v) is 3.09. The Morgan fingerprint density at radius 1 is 1.50 bits per heavy atom. The minimum Gasteiger partial charge on any atom is -0.408 e. The number of hydrogen-bond acceptors (Lipinski definition) is 4. The highest BCUT2D eigenvalue weighted by Crippen LogP contribution is 2.20. The van der Waals surface area contributed by atoms with Crippen LogP contribution in [0.15, 0.2) is 27.4 Å². The Bertz CT molecular complexity index is 644. The zero-order chi connectivity index (χ0) is 13.3. The highest BCUT2D eigenvalue weighted by molar-refractivity contribution is 7.80. The molecule has 0 saturated carbocycles. The third-order valence-electron chi connectivity index (χ3n) is 2.86. The van der Waals surface area contributed by atoms with Gasteiger partial charge >= 0.3 is 5.76 Å². The van der Waals surface area contributed by atoms with Crippen molar-refractivity contribution in [3.63, 3.8) is 0 Å². The first-order valence-corrected chi connectivity index (χ1v) is 6.15. The van der Waals surface area contributed by atoms with E-state index in [4.69, 9.17) is 4.42 Å². The fourth-order valence-electron chi connectivity index (χ4n) is 1.74. The van der Waals surface area contributed by atoms with Gasteiger partial charge in [-0.15, -0.1) is 0 Å². The molecule has 0 unspecified atom stereocenters. The lowest BCUT2D eigenvalue weighted by atomic mass is 10.2. The predicted molar refractivity (Wildman–Crippen MR) is 73.3 cm³/mol. The van der Waals surface area contributed by atoms with Crippen molar-refractivity contribution < 1.29 is 9.21 Å². The fourth-order valence-corrected chi connectivity index (χ4v) is 1.93. The molecule has 1 aromatic heterocycles. The van der Waals surface area contributed by atoms with Crippen LogP contribution in [-0.2, 0) is 11.8 Å². The van der Waals surface area contributed by atoms with E-state index < -0.39 is 5.76 Å². The van der Waals surface area contributed by atoms with Crippen LogP contribution in [0.5, 0.6) is 0 Å². The second-order valence-corrected chi connectivity index (χ2v) is 4.45. The molecule has 0 aliphatic carbocycles. The van der Waals surface area contributed by atoms with Crippen LogP contribution in [0.4, 0.5) is 5.69 Å². The lowest BCUT2D eigenvalue weighted by molar-refractivity contribution is -0.117. The molecule has 0 N–H and O–H groups in total. The molecule has 0 bridgehead atoms. The van der Waals surface area contributed by atoms with E-state index >= 15 is 0 Å². The van der Waals surface area contributed by atoms with E-state index in [0.717, 1.165) is 0 Å². The van der Waals surface area contributed by atoms with Crippen molar-refractivity contribution in [1.82, 2.24) is 4.57 Å². The molecule has 5 nitrogen and oxygen atoms in total. The highest BCUT2D eigenvalue weighted by Gasteiger charge is 2.12. The van der Waals surface area contributed by atoms with Gasteiger partial charge < -0.3 is 9.32 Å². The van der Waals surface area contributed by atoms with Gasteiger partial charge in [-0.3, -0.25) is 9.36 Å². The SMILES string of the molecule is CN(C(=O)CCS)c1ccc2c(c1)oc(=O)n2C. The quantitative estimate of drug-likeness (QED) is 0.855. The van der Waals surface area contributed by atoms with Crippen molar-refractivity contribution in [1.29, 1.82) is 0 Å². The second kappa shape index (κ2) is 4.89. The summed E-state index contributed by atoms with van der Waals surface area (Å²) in [4.78, 5) is 24.6. The first kappa shape index (κ1) is 12.8. The van der Waals surface area contributed by atoms with Crippen molar-refractivity contribution in [2.75, 3.05) is 17.7 Å². The number of aryl methyl sites for hydroxylation is 1. The van der Waals surface area contributed by atoms with Gasteiger partial charge in [0.2, 0.25) is 5.91 Å². The number of hydrogen-bond donors (Lipinski definition) is 1. The summed E-state index contributed by atoms with van der Waals surface area (Å²) in [6, 6.07) is 5.24. The first-order chi connectivity index (χ1) is 8.54. The number of carbonyl (C=O) groups excluding carboxylic acids is 1. The number of anilines is 1. The number of fused-ring (bicyclic) bond motifs is 1. The fraction of sp³-hybridized carbons (Fsp3) is 0.333. The number of amides is 1. The molecule has 1 heterocycles. The summed E-state index contributed by atoms with van der Waals surface area (Å²) in [5, 5.41) is 0. The smallest absolute Gasteiger partial charge is 0.408 e. The van der Waals surface area contributed by atoms with E-state index in [1.807, 2.05) is 0 Å². The highest BCUT2D eigenvalue weighted by atomic mass is 32.1. The van der Waals surface area contributed by atoms with Crippen LogP contribution in [-0.4, -0.2) is 23.3 Å². The van der Waals surface area contributed by atoms with Crippen LogP contribution in [0.2, 0.25) is 0 Å². The molecule has 2 rings (SSSR count). The zero-order valence-electron chi connectivity index (χ0n) is 10.2. The summed E-state index contributed by atoms with van der Waals surface area (Å²) in [5.41, 5.74) is 1.88. The Morgan fingerprint density at radius 3 is 2.89 bits per heavy atom. The van der Waals surface area contributed by atoms with E-state index in [1.165, 1.54) is 9.47 Å². The van der Waals surface area contributed by atoms with Crippen molar-refractivity contribution in [2.24, 2.45) is 7.05 Å². The summed E-state index contributed by atoms with van der Waals surface area (Å²) >= 11 is 4.03. The molecule has 96 valence electrons. The number of benzene rings is 1. The van der Waals surface area contributed by atoms with Crippen LogP contribution in [0, 0.1) is 0 Å². The predicted octanol–water partition coefficient (Wildman–Crippen LogP) is 1.41. The molecular formula is C12H14N2O3S. The molecule has 0 atom stereocenters. The molecule has 1 aromatic carbocycles. The van der Waals surface area contributed by atoms with Gasteiger partial charge in [-0.25, -0.2) is 4.79 Å². The molecule has 2 aromatic rings. The van der Waals surface area contributed by atoms with Gasteiger partial charge in [-0.2, -0.15) is 12.6 Å². The molecule has 0 spiro atoms. The molecule has 0 saturated heterocycles. The molecule has 18 heavy (non-hydrogen) atoms. The lowest BCUT2D eigenvalue weighted by Gasteiger charge is -2.16. The lowest BCUT2D eigenvalue weighted by Crippen LogP contribution is -2.26. The Morgan fingerprint density at radius 2 is 2.22 bits per heavy atom. The average Bonchev–Trinajstić information content (AvgIpc) is 2.64. The molecule has 6 heteroatoms. The minimum absolute atomic E-state index is 0.0253. The maximum absolute atomic E-state index is 11.7. The van der Waals surface area contributed by atoms with Crippen molar-refractivity contribution in [2.45, 2.75) is 6.42 Å². The molecule has 0 aliphatic heterocycles. The number of carbonyl (C=O) groups is 1. The Balaban J connectivity index is 2.41. The number of oxazole rings is 1. The Labute approximate surface area is 109 Å². The summed E-state index contributed by atoms with van der Waals surface area (Å²) in [6.45, 7) is 0. The van der Waals surface area contributed by atoms with Gasteiger partial charge in [-0.1, -0.05) is 0 Å². The van der Waals surface area contributed by atoms with E-state index in [9.17, 15) is 9.59 Å². The summed E-state index contributed by atoms with van der Waals surface area (Å²) in [7, 11) is 3.33. The number of rotatable bonds is 3. The van der Waals surface area contributed by atoms with Crippen LogP contribution in [0.3, 0.4) is 0 Å². The van der Waals surface area contributed by atoms with Gasteiger partial charge in [-0.05, 0) is 17.9 Å². The average molecular weight is 266 g/mol. The normalized spacial score (nSPS) is 10.8. The summed E-state index contributed by atoms with van der Waals surface area (Å²) in [6.07, 6.45) is 0.371. The Hall–Kier alpha value is -1.69. The van der Waals surface area contributed by atoms with Crippen molar-refractivity contribution in [3.05, 3.63) is 28.7 Å². The molecular weight excluding hydrogens is 252 g/mol. The second-order valence-electron chi connectivity index (χ2n) is 4.01. The summed E-state index contributed by atoms with van der Waals surface area (Å²) < 4.78 is 6.51. The minimum atomic E-state index is -0.411. The van der Waals surface area contributed by atoms with Crippen LogP contribution in [0.25, 0.3) is 11.1 Å². The number of nitrogens with zero attached hydrogens (tertiary/aromatic N) is 2. The van der Waals surface area contributed by atoms with Crippen LogP contribution in [0.1, 0.15) is 6.42 Å². The molecule has 1 amide bonds. The number of aromatic nitrogens is 1. The maximum atomic E-state index is 11.7. The van der Waals surface area contributed by atoms with Gasteiger partial charge in [0, 0.05) is 32.3 Å². The first-order valence-electron chi connectivity index (χ1n) is 5.51. The number of thiol groups is 1. The molecule has 0 aliphatic rings. The van der Waals surface area contributed by atoms with Crippen molar-refractivity contribution in [3.8, 4) is 0 Å². The maximum Gasteiger partial charge on any atom is 0.419 e. The topological polar surface area (TPSA) is 55.5 Å². The molecule has 0 fully saturated rings. The van der Waals surface area contributed by atoms with Gasteiger partial charge in [0.25, 0.3) is 0 Å². The molecule has 0 radical (unpaired) electrons. The van der Waals surface area contributed by atoms with Crippen molar-refractivity contribution >= 4 is 35.3 Å². The zero-order valence-corrected chi connectivity index (χ0v) is 11.1. The van der Waals surface area contributed by atoms with Crippen LogP contribution < -0.4 is 10.7 Å². The van der Waals surface area contributed by atoms with E-state index in [2.05, 4.69) is 12.6 Å². The van der Waals surface area contributed by atoms with E-state index in [0.29, 0.717) is 29.0 Å². The van der Waals surface area contributed by atoms with E-state index in [-0.39, 0.29) is 5.91 Å². The van der Waals surface area contributed by atoms with Gasteiger partial charge in [0.05, 0.1) is 5.52 Å². The van der Waals surface area contributed by atoms with Gasteiger partial charge in [0.1, 0.15) is 0 Å².